The van der Waals surface area contributed by atoms with Gasteiger partial charge in [-0.05, 0) is 80.3 Å². The van der Waals surface area contributed by atoms with Gasteiger partial charge in [-0.1, -0.05) is 36.4 Å². The van der Waals surface area contributed by atoms with Crippen LogP contribution in [0, 0.1) is 0 Å². The normalized spacial score (nSPS) is 13.0. The van der Waals surface area contributed by atoms with Crippen molar-refractivity contribution in [3.63, 3.8) is 0 Å². The second-order valence-electron chi connectivity index (χ2n) is 7.21. The Morgan fingerprint density at radius 1 is 0.759 bits per heavy atom. The van der Waals surface area contributed by atoms with E-state index < -0.39 is 0 Å². The molecule has 0 amide bonds. The van der Waals surface area contributed by atoms with Gasteiger partial charge in [0, 0.05) is 30.9 Å². The first-order valence-electron chi connectivity index (χ1n) is 10.8. The fourth-order valence-electron chi connectivity index (χ4n) is 3.88. The lowest BCUT2D eigenvalue weighted by Crippen LogP contribution is -2.21. The van der Waals surface area contributed by atoms with Crippen molar-refractivity contribution in [3.05, 3.63) is 84.0 Å². The Labute approximate surface area is 176 Å². The van der Waals surface area contributed by atoms with Gasteiger partial charge < -0.3 is 4.90 Å². The molecular weight excluding hydrogens is 352 g/mol. The second-order valence-corrected chi connectivity index (χ2v) is 7.21. The first kappa shape index (κ1) is 20.9. The van der Waals surface area contributed by atoms with Crippen molar-refractivity contribution in [3.8, 4) is 11.1 Å². The van der Waals surface area contributed by atoms with Gasteiger partial charge in [-0.15, -0.1) is 0 Å². The Kier molecular flexibility index (Phi) is 7.24. The minimum absolute atomic E-state index is 1.03. The molecular formula is C27H33N2+. The monoisotopic (exact) mass is 385 g/mol. The van der Waals surface area contributed by atoms with E-state index >= 15 is 0 Å². The van der Waals surface area contributed by atoms with Crippen molar-refractivity contribution < 1.29 is 4.58 Å². The van der Waals surface area contributed by atoms with Crippen LogP contribution < -0.4 is 4.90 Å². The van der Waals surface area contributed by atoms with Crippen molar-refractivity contribution in [1.82, 2.24) is 0 Å². The summed E-state index contributed by atoms with van der Waals surface area (Å²) in [4.78, 5) is 2.37. The molecule has 0 saturated heterocycles. The maximum Gasteiger partial charge on any atom is 0.199 e. The van der Waals surface area contributed by atoms with E-state index in [0.29, 0.717) is 0 Å². The van der Waals surface area contributed by atoms with Gasteiger partial charge in [0.2, 0.25) is 0 Å². The summed E-state index contributed by atoms with van der Waals surface area (Å²) >= 11 is 0. The average molecular weight is 386 g/mol. The van der Waals surface area contributed by atoms with E-state index in [0.717, 1.165) is 26.2 Å². The summed E-state index contributed by atoms with van der Waals surface area (Å²) in [5, 5.41) is 0. The molecule has 1 aliphatic rings. The van der Waals surface area contributed by atoms with E-state index in [1.165, 1.54) is 33.7 Å². The van der Waals surface area contributed by atoms with Crippen LogP contribution in [0.2, 0.25) is 0 Å². The van der Waals surface area contributed by atoms with Gasteiger partial charge in [-0.25, -0.2) is 4.58 Å². The summed E-state index contributed by atoms with van der Waals surface area (Å²) in [5.41, 5.74) is 7.57. The van der Waals surface area contributed by atoms with E-state index in [9.17, 15) is 0 Å². The number of anilines is 1. The molecule has 0 radical (unpaired) electrons. The molecule has 0 saturated carbocycles. The van der Waals surface area contributed by atoms with Crippen LogP contribution in [-0.2, 0) is 0 Å². The Morgan fingerprint density at radius 2 is 1.38 bits per heavy atom. The Bertz CT molecular complexity index is 915. The molecule has 0 aromatic heterocycles. The molecule has 0 unspecified atom stereocenters. The van der Waals surface area contributed by atoms with Crippen LogP contribution in [-0.4, -0.2) is 36.5 Å². The van der Waals surface area contributed by atoms with Gasteiger partial charge in [0.1, 0.15) is 13.1 Å². The molecule has 29 heavy (non-hydrogen) atoms. The van der Waals surface area contributed by atoms with Crippen molar-refractivity contribution in [2.24, 2.45) is 0 Å². The lowest BCUT2D eigenvalue weighted by atomic mass is 9.96. The van der Waals surface area contributed by atoms with Crippen LogP contribution in [0.15, 0.2) is 78.4 Å². The summed E-state index contributed by atoms with van der Waals surface area (Å²) in [7, 11) is 0. The van der Waals surface area contributed by atoms with E-state index in [-0.39, 0.29) is 0 Å². The highest BCUT2D eigenvalue weighted by atomic mass is 15.1. The Morgan fingerprint density at radius 3 is 1.97 bits per heavy atom. The molecule has 1 aliphatic carbocycles. The van der Waals surface area contributed by atoms with Gasteiger partial charge in [-0.3, -0.25) is 0 Å². The zero-order valence-corrected chi connectivity index (χ0v) is 18.2. The number of nitrogens with zero attached hydrogens (tertiary/aromatic N) is 2. The maximum absolute atomic E-state index is 2.37. The maximum atomic E-state index is 2.37. The third-order valence-electron chi connectivity index (χ3n) is 5.61. The summed E-state index contributed by atoms with van der Waals surface area (Å²) < 4.78 is 2.37. The lowest BCUT2D eigenvalue weighted by molar-refractivity contribution is -0.519. The van der Waals surface area contributed by atoms with Crippen LogP contribution >= 0.6 is 0 Å². The molecule has 0 aliphatic heterocycles. The van der Waals surface area contributed by atoms with Gasteiger partial charge >= 0.3 is 0 Å². The molecule has 0 N–H and O–H groups in total. The standard InChI is InChI=1S/C27H33N2/c1-5-28(6-2)25-17-13-22(14-18-25)21-24-11-9-10-12-27(24)23-15-19-26(20-16-23)29(7-3)8-4/h9-21H,5-8H2,1-4H3/q+1. The molecule has 2 aromatic rings. The molecule has 0 bridgehead atoms. The van der Waals surface area contributed by atoms with E-state index in [4.69, 9.17) is 0 Å². The predicted octanol–water partition coefficient (Wildman–Crippen LogP) is 6.20. The van der Waals surface area contributed by atoms with E-state index in [2.05, 4.69) is 116 Å². The van der Waals surface area contributed by atoms with Gasteiger partial charge in [0.25, 0.3) is 0 Å². The average Bonchev–Trinajstić information content (AvgIpc) is 2.77. The second kappa shape index (κ2) is 10.1. The van der Waals surface area contributed by atoms with E-state index in [1.54, 1.807) is 0 Å². The number of rotatable bonds is 7. The molecule has 2 aromatic carbocycles. The first-order valence-corrected chi connectivity index (χ1v) is 10.8. The summed E-state index contributed by atoms with van der Waals surface area (Å²) in [5.74, 6) is 0. The SMILES string of the molecule is CCN(CC)c1ccc(-c2ccccc2C=C2C=CC(=[N+](CC)CC)C=C2)cc1. The molecule has 2 nitrogen and oxygen atoms in total. The quantitative estimate of drug-likeness (QED) is 0.514. The van der Waals surface area contributed by atoms with Crippen molar-refractivity contribution in [2.75, 3.05) is 31.1 Å². The van der Waals surface area contributed by atoms with Crippen molar-refractivity contribution in [1.29, 1.82) is 0 Å². The zero-order chi connectivity index (χ0) is 20.6. The molecule has 3 rings (SSSR count). The number of benzene rings is 2. The molecule has 0 heterocycles. The van der Waals surface area contributed by atoms with Crippen LogP contribution in [0.3, 0.4) is 0 Å². The smallest absolute Gasteiger partial charge is 0.199 e. The lowest BCUT2D eigenvalue weighted by Gasteiger charge is -2.21. The highest BCUT2D eigenvalue weighted by molar-refractivity contribution is 6.03. The topological polar surface area (TPSA) is 6.25 Å². The van der Waals surface area contributed by atoms with Gasteiger partial charge in [0.15, 0.2) is 5.71 Å². The van der Waals surface area contributed by atoms with Crippen LogP contribution in [0.25, 0.3) is 17.2 Å². The highest BCUT2D eigenvalue weighted by Gasteiger charge is 2.10. The summed E-state index contributed by atoms with van der Waals surface area (Å²) in [6.07, 6.45) is 11.2. The molecule has 0 spiro atoms. The summed E-state index contributed by atoms with van der Waals surface area (Å²) in [6, 6.07) is 17.6. The van der Waals surface area contributed by atoms with Gasteiger partial charge in [-0.2, -0.15) is 0 Å². The fourth-order valence-corrected chi connectivity index (χ4v) is 3.88. The van der Waals surface area contributed by atoms with Crippen LogP contribution in [0.4, 0.5) is 5.69 Å². The Hall–Kier alpha value is -2.87. The molecule has 0 atom stereocenters. The van der Waals surface area contributed by atoms with Crippen LogP contribution in [0.1, 0.15) is 33.3 Å². The molecule has 2 heteroatoms. The third kappa shape index (κ3) is 4.95. The molecule has 150 valence electrons. The fraction of sp³-hybridized carbons (Fsp3) is 0.296. The largest absolute Gasteiger partial charge is 0.372 e. The van der Waals surface area contributed by atoms with E-state index in [1.807, 2.05) is 0 Å². The minimum atomic E-state index is 1.03. The Balaban J connectivity index is 1.89. The van der Waals surface area contributed by atoms with Gasteiger partial charge in [0.05, 0.1) is 0 Å². The molecule has 0 fully saturated rings. The first-order chi connectivity index (χ1) is 14.2. The number of hydrogen-bond acceptors (Lipinski definition) is 1. The highest BCUT2D eigenvalue weighted by Crippen LogP contribution is 2.28. The van der Waals surface area contributed by atoms with Crippen LogP contribution in [0.5, 0.6) is 0 Å². The number of allylic oxidation sites excluding steroid dienone is 5. The summed E-state index contributed by atoms with van der Waals surface area (Å²) in [6.45, 7) is 12.9. The van der Waals surface area contributed by atoms with Crippen molar-refractivity contribution >= 4 is 17.5 Å². The minimum Gasteiger partial charge on any atom is -0.372 e. The van der Waals surface area contributed by atoms with Crippen molar-refractivity contribution in [2.45, 2.75) is 27.7 Å². The number of hydrogen-bond donors (Lipinski definition) is 0. The predicted molar refractivity (Wildman–Crippen MR) is 128 cm³/mol. The zero-order valence-electron chi connectivity index (χ0n) is 18.2. The third-order valence-corrected chi connectivity index (χ3v) is 5.61.